The summed E-state index contributed by atoms with van der Waals surface area (Å²) in [7, 11) is 1.22. The van der Waals surface area contributed by atoms with Gasteiger partial charge in [-0.3, -0.25) is 0 Å². The molecule has 0 bridgehead atoms. The second kappa shape index (κ2) is 15.1. The van der Waals surface area contributed by atoms with Crippen LogP contribution in [0.5, 0.6) is 80.5 Å². The highest BCUT2D eigenvalue weighted by molar-refractivity contribution is 5.70. The first-order chi connectivity index (χ1) is 30.1. The third-order valence-electron chi connectivity index (χ3n) is 11.9. The van der Waals surface area contributed by atoms with Crippen molar-refractivity contribution in [3.8, 4) is 80.5 Å². The molecule has 6 aromatic carbocycles. The van der Waals surface area contributed by atoms with E-state index < -0.39 is 94.5 Å². The third kappa shape index (κ3) is 6.60. The fourth-order valence-corrected chi connectivity index (χ4v) is 9.11. The summed E-state index contributed by atoms with van der Waals surface area (Å²) in [6, 6.07) is 17.5. The van der Waals surface area contributed by atoms with E-state index in [1.54, 1.807) is 0 Å². The number of aliphatic hydroxyl groups excluding tert-OH is 3. The largest absolute Gasteiger partial charge is 0.508 e. The van der Waals surface area contributed by atoms with Crippen molar-refractivity contribution in [1.82, 2.24) is 0 Å². The maximum Gasteiger partial charge on any atom is 0.202 e. The molecule has 326 valence electrons. The molecule has 8 atom stereocenters. The van der Waals surface area contributed by atoms with Gasteiger partial charge in [0.2, 0.25) is 5.75 Å². The van der Waals surface area contributed by atoms with Gasteiger partial charge in [-0.15, -0.1) is 0 Å². The minimum Gasteiger partial charge on any atom is -0.508 e. The van der Waals surface area contributed by atoms with Crippen molar-refractivity contribution in [2.75, 3.05) is 7.11 Å². The second-order valence-corrected chi connectivity index (χ2v) is 15.7. The molecule has 0 fully saturated rings. The molecule has 0 amide bonds. The van der Waals surface area contributed by atoms with Crippen molar-refractivity contribution in [1.29, 1.82) is 0 Å². The molecule has 0 aromatic heterocycles. The Kier molecular flexibility index (Phi) is 9.77. The van der Waals surface area contributed by atoms with Crippen molar-refractivity contribution in [3.63, 3.8) is 0 Å². The number of ether oxygens (including phenoxy) is 4. The number of aromatic hydroxyl groups is 10. The Morgan fingerprint density at radius 3 is 1.44 bits per heavy atom. The van der Waals surface area contributed by atoms with Crippen molar-refractivity contribution < 1.29 is 85.3 Å². The van der Waals surface area contributed by atoms with E-state index in [4.69, 9.17) is 18.9 Å². The Labute approximate surface area is 356 Å². The first kappa shape index (κ1) is 40.8. The number of fused-ring (bicyclic) bond motifs is 3. The number of rotatable bonds is 6. The van der Waals surface area contributed by atoms with Crippen molar-refractivity contribution >= 4 is 0 Å². The lowest BCUT2D eigenvalue weighted by Gasteiger charge is -2.43. The van der Waals surface area contributed by atoms with Crippen molar-refractivity contribution in [2.24, 2.45) is 0 Å². The van der Waals surface area contributed by atoms with Gasteiger partial charge in [0, 0.05) is 64.1 Å². The van der Waals surface area contributed by atoms with Crippen LogP contribution in [-0.2, 0) is 6.42 Å². The lowest BCUT2D eigenvalue weighted by atomic mass is 9.73. The van der Waals surface area contributed by atoms with E-state index in [0.29, 0.717) is 5.56 Å². The molecular formula is C46H40O17. The normalized spacial score (nSPS) is 23.6. The monoisotopic (exact) mass is 864 g/mol. The van der Waals surface area contributed by atoms with Gasteiger partial charge in [0.05, 0.1) is 25.0 Å². The average molecular weight is 865 g/mol. The van der Waals surface area contributed by atoms with Gasteiger partial charge in [0.25, 0.3) is 0 Å². The summed E-state index contributed by atoms with van der Waals surface area (Å²) in [4.78, 5) is 0. The van der Waals surface area contributed by atoms with Gasteiger partial charge in [-0.2, -0.15) is 0 Å². The van der Waals surface area contributed by atoms with Crippen LogP contribution in [-0.4, -0.2) is 91.8 Å². The van der Waals surface area contributed by atoms with E-state index in [1.807, 2.05) is 0 Å². The minimum absolute atomic E-state index is 0.0383. The molecule has 17 nitrogen and oxygen atoms in total. The van der Waals surface area contributed by atoms with E-state index in [9.17, 15) is 66.4 Å². The SMILES string of the molecule is COc1c(O)cc([C@H]2Oc3c(c(O)cc(O)c3[C@@H]3c4c(O)cc(O)c([C@H]5c6c(O)cc(O)cc6O[C@H](c6ccc(O)cc6)[C@@H]5O)c4O[C@H](c4ccc(O)cc4)[C@@H]3O)C[C@H]2O)cc1O. The number of benzene rings is 6. The Balaban J connectivity index is 1.30. The Bertz CT molecular complexity index is 2750. The summed E-state index contributed by atoms with van der Waals surface area (Å²) in [6.45, 7) is 0. The number of hydrogen-bond acceptors (Lipinski definition) is 17. The Morgan fingerprint density at radius 2 is 0.905 bits per heavy atom. The van der Waals surface area contributed by atoms with E-state index in [1.165, 1.54) is 73.8 Å². The van der Waals surface area contributed by atoms with Crippen LogP contribution in [0.15, 0.2) is 84.9 Å². The summed E-state index contributed by atoms with van der Waals surface area (Å²) >= 11 is 0. The van der Waals surface area contributed by atoms with Crippen LogP contribution >= 0.6 is 0 Å². The number of phenolic OH excluding ortho intramolecular Hbond substituents is 10. The highest BCUT2D eigenvalue weighted by Gasteiger charge is 2.50. The quantitative estimate of drug-likeness (QED) is 0.104. The fourth-order valence-electron chi connectivity index (χ4n) is 9.11. The van der Waals surface area contributed by atoms with E-state index >= 15 is 0 Å². The molecule has 3 heterocycles. The fraction of sp³-hybridized carbons (Fsp3) is 0.217. The van der Waals surface area contributed by atoms with Crippen LogP contribution in [0.2, 0.25) is 0 Å². The highest BCUT2D eigenvalue weighted by Crippen LogP contribution is 2.62. The molecule has 0 spiro atoms. The maximum absolute atomic E-state index is 12.5. The van der Waals surface area contributed by atoms with Gasteiger partial charge in [0.1, 0.15) is 75.5 Å². The first-order valence-electron chi connectivity index (χ1n) is 19.5. The van der Waals surface area contributed by atoms with Gasteiger partial charge >= 0.3 is 0 Å². The molecule has 3 aliphatic heterocycles. The van der Waals surface area contributed by atoms with Crippen LogP contribution in [0.4, 0.5) is 0 Å². The standard InChI is InChI=1S/C46H40O17/c1-60-45-29(55)10-19(11-30(45)56)41-31(57)14-23-24(50)15-26(52)34(44(23)62-41)38-36-28(54)16-27(53)35(46(36)63-43(40(38)59)18-4-8-21(48)9-5-18)37-33-25(51)12-22(49)13-32(33)61-42(39(37)58)17-2-6-20(47)7-3-17/h2-13,15-16,31,37-43,47-59H,14H2,1H3/t31-,37-,38-,39-,40-,41-,42-,43-/m1/s1. The van der Waals surface area contributed by atoms with Crippen LogP contribution in [0.25, 0.3) is 0 Å². The average Bonchev–Trinajstić information content (AvgIpc) is 3.22. The van der Waals surface area contributed by atoms with Gasteiger partial charge in [-0.25, -0.2) is 0 Å². The number of hydrogen-bond donors (Lipinski definition) is 13. The molecule has 0 radical (unpaired) electrons. The van der Waals surface area contributed by atoms with Crippen molar-refractivity contribution in [2.45, 2.75) is 54.9 Å². The van der Waals surface area contributed by atoms with Gasteiger partial charge in [-0.1, -0.05) is 24.3 Å². The number of phenols is 10. The van der Waals surface area contributed by atoms with Gasteiger partial charge < -0.3 is 85.3 Å². The van der Waals surface area contributed by atoms with E-state index in [2.05, 4.69) is 0 Å². The van der Waals surface area contributed by atoms with Gasteiger partial charge in [-0.05, 0) is 47.5 Å². The van der Waals surface area contributed by atoms with E-state index in [0.717, 1.165) is 18.2 Å². The van der Waals surface area contributed by atoms with Crippen LogP contribution in [0.1, 0.15) is 74.7 Å². The molecule has 3 aliphatic rings. The Morgan fingerprint density at radius 1 is 0.444 bits per heavy atom. The molecule has 0 aliphatic carbocycles. The number of methoxy groups -OCH3 is 1. The predicted molar refractivity (Wildman–Crippen MR) is 217 cm³/mol. The zero-order valence-electron chi connectivity index (χ0n) is 32.9. The maximum atomic E-state index is 12.5. The summed E-state index contributed by atoms with van der Waals surface area (Å²) in [5, 5.41) is 147. The van der Waals surface area contributed by atoms with E-state index in [-0.39, 0.29) is 79.9 Å². The second-order valence-electron chi connectivity index (χ2n) is 15.7. The van der Waals surface area contributed by atoms with Gasteiger partial charge in [0.15, 0.2) is 29.8 Å². The molecule has 9 rings (SSSR count). The highest BCUT2D eigenvalue weighted by atomic mass is 16.5. The predicted octanol–water partition coefficient (Wildman–Crippen LogP) is 5.04. The van der Waals surface area contributed by atoms with Crippen LogP contribution in [0, 0.1) is 0 Å². The third-order valence-corrected chi connectivity index (χ3v) is 11.9. The molecule has 0 saturated heterocycles. The summed E-state index contributed by atoms with van der Waals surface area (Å²) < 4.78 is 24.1. The first-order valence-corrected chi connectivity index (χ1v) is 19.5. The summed E-state index contributed by atoms with van der Waals surface area (Å²) in [5.41, 5.74) is -0.338. The molecule has 6 aromatic rings. The lowest BCUT2D eigenvalue weighted by Crippen LogP contribution is -2.39. The van der Waals surface area contributed by atoms with Crippen LogP contribution in [0.3, 0.4) is 0 Å². The smallest absolute Gasteiger partial charge is 0.202 e. The molecule has 13 N–H and O–H groups in total. The lowest BCUT2D eigenvalue weighted by molar-refractivity contribution is -0.00555. The molecule has 17 heteroatoms. The van der Waals surface area contributed by atoms with Crippen molar-refractivity contribution in [3.05, 3.63) is 129 Å². The Hall–Kier alpha value is -7.60. The molecule has 0 saturated carbocycles. The minimum atomic E-state index is -1.78. The molecule has 0 unspecified atom stereocenters. The zero-order valence-corrected chi connectivity index (χ0v) is 32.9. The zero-order chi connectivity index (χ0) is 44.8. The van der Waals surface area contributed by atoms with Crippen LogP contribution < -0.4 is 18.9 Å². The molecular weight excluding hydrogens is 824 g/mol. The molecule has 63 heavy (non-hydrogen) atoms. The number of aliphatic hydroxyl groups is 3. The summed E-state index contributed by atoms with van der Waals surface area (Å²) in [5.74, 6) is -8.89. The summed E-state index contributed by atoms with van der Waals surface area (Å²) in [6.07, 6.45) is -9.38. The topological polar surface area (TPSA) is 300 Å².